The van der Waals surface area contributed by atoms with Crippen molar-refractivity contribution in [3.63, 3.8) is 0 Å². The van der Waals surface area contributed by atoms with Gasteiger partial charge < -0.3 is 10.5 Å². The van der Waals surface area contributed by atoms with Crippen LogP contribution in [-0.4, -0.2) is 18.7 Å². The molecule has 0 unspecified atom stereocenters. The van der Waals surface area contributed by atoms with E-state index in [4.69, 9.17) is 10.5 Å². The smallest absolute Gasteiger partial charge is 0.0933 e. The molecule has 0 radical (unpaired) electrons. The second-order valence-electron chi connectivity index (χ2n) is 4.13. The molecule has 0 atom stereocenters. The Labute approximate surface area is 112 Å². The molecule has 0 aliphatic carbocycles. The van der Waals surface area contributed by atoms with Crippen molar-refractivity contribution in [1.29, 1.82) is 0 Å². The van der Waals surface area contributed by atoms with Crippen LogP contribution in [0.4, 0.5) is 0 Å². The van der Waals surface area contributed by atoms with E-state index in [-0.39, 0.29) is 0 Å². The van der Waals surface area contributed by atoms with Crippen LogP contribution in [0.1, 0.15) is 17.0 Å². The molecule has 2 N–H and O–H groups in total. The maximum absolute atomic E-state index is 5.65. The van der Waals surface area contributed by atoms with Crippen LogP contribution in [0, 0.1) is 0 Å². The lowest BCUT2D eigenvalue weighted by Crippen LogP contribution is -1.96. The van der Waals surface area contributed by atoms with Crippen LogP contribution < -0.4 is 5.73 Å². The summed E-state index contributed by atoms with van der Waals surface area (Å²) in [4.78, 5) is 4.65. The van der Waals surface area contributed by atoms with E-state index < -0.39 is 0 Å². The van der Waals surface area contributed by atoms with Crippen LogP contribution in [0.15, 0.2) is 29.6 Å². The first kappa shape index (κ1) is 13.2. The molecule has 2 aromatic rings. The van der Waals surface area contributed by atoms with Gasteiger partial charge in [-0.25, -0.2) is 4.98 Å². The number of rotatable bonds is 6. The number of hydrogen-bond acceptors (Lipinski definition) is 4. The summed E-state index contributed by atoms with van der Waals surface area (Å²) in [6.07, 6.45) is 2.00. The molecular formula is C14H18N2OS. The number of benzene rings is 1. The van der Waals surface area contributed by atoms with E-state index in [1.165, 1.54) is 5.01 Å². The Balaban J connectivity index is 2.08. The lowest BCUT2D eigenvalue weighted by Gasteiger charge is -2.00. The van der Waals surface area contributed by atoms with E-state index >= 15 is 0 Å². The number of nitrogens with zero attached hydrogens (tertiary/aromatic N) is 1. The van der Waals surface area contributed by atoms with Crippen LogP contribution in [0.3, 0.4) is 0 Å². The van der Waals surface area contributed by atoms with Crippen LogP contribution in [-0.2, 0) is 17.7 Å². The maximum atomic E-state index is 5.65. The van der Waals surface area contributed by atoms with Gasteiger partial charge in [-0.3, -0.25) is 0 Å². The molecule has 4 heteroatoms. The van der Waals surface area contributed by atoms with Crippen molar-refractivity contribution in [3.8, 4) is 11.3 Å². The first-order valence-electron chi connectivity index (χ1n) is 6.06. The highest BCUT2D eigenvalue weighted by Crippen LogP contribution is 2.23. The Morgan fingerprint density at radius 3 is 3.06 bits per heavy atom. The van der Waals surface area contributed by atoms with E-state index in [2.05, 4.69) is 22.5 Å². The van der Waals surface area contributed by atoms with Crippen LogP contribution >= 0.6 is 11.3 Å². The summed E-state index contributed by atoms with van der Waals surface area (Å²) in [5.74, 6) is 0. The summed E-state index contributed by atoms with van der Waals surface area (Å²) in [7, 11) is 1.73. The lowest BCUT2D eigenvalue weighted by atomic mass is 10.1. The molecule has 0 bridgehead atoms. The highest BCUT2D eigenvalue weighted by Gasteiger charge is 2.05. The number of aryl methyl sites for hydroxylation is 1. The number of nitrogens with two attached hydrogens (primary N) is 1. The Bertz CT molecular complexity index is 496. The minimum atomic E-state index is 0.568. The maximum Gasteiger partial charge on any atom is 0.0933 e. The summed E-state index contributed by atoms with van der Waals surface area (Å²) in [6, 6.07) is 8.25. The molecule has 0 saturated heterocycles. The fraction of sp³-hybridized carbons (Fsp3) is 0.357. The third-order valence-corrected chi connectivity index (χ3v) is 3.66. The topological polar surface area (TPSA) is 48.1 Å². The first-order valence-corrected chi connectivity index (χ1v) is 6.94. The monoisotopic (exact) mass is 262 g/mol. The molecule has 1 aromatic heterocycles. The highest BCUT2D eigenvalue weighted by molar-refractivity contribution is 7.09. The van der Waals surface area contributed by atoms with Crippen molar-refractivity contribution in [2.75, 3.05) is 13.7 Å². The van der Waals surface area contributed by atoms with Gasteiger partial charge in [0, 0.05) is 37.6 Å². The van der Waals surface area contributed by atoms with Gasteiger partial charge in [-0.2, -0.15) is 0 Å². The van der Waals surface area contributed by atoms with Gasteiger partial charge in [0.1, 0.15) is 0 Å². The zero-order valence-corrected chi connectivity index (χ0v) is 11.4. The van der Waals surface area contributed by atoms with Crippen LogP contribution in [0.25, 0.3) is 11.3 Å². The van der Waals surface area contributed by atoms with Gasteiger partial charge in [0.25, 0.3) is 0 Å². The van der Waals surface area contributed by atoms with Gasteiger partial charge in [-0.15, -0.1) is 11.3 Å². The second kappa shape index (κ2) is 6.64. The predicted octanol–water partition coefficient (Wildman–Crippen LogP) is 2.85. The quantitative estimate of drug-likeness (QED) is 0.814. The van der Waals surface area contributed by atoms with E-state index in [1.807, 2.05) is 12.1 Å². The number of aromatic nitrogens is 1. The fourth-order valence-corrected chi connectivity index (χ4v) is 2.63. The number of methoxy groups -OCH3 is 1. The van der Waals surface area contributed by atoms with E-state index in [1.54, 1.807) is 18.4 Å². The summed E-state index contributed by atoms with van der Waals surface area (Å²) in [6.45, 7) is 1.36. The van der Waals surface area contributed by atoms with Crippen molar-refractivity contribution in [2.45, 2.75) is 19.4 Å². The molecule has 0 aliphatic rings. The van der Waals surface area contributed by atoms with Crippen molar-refractivity contribution >= 4 is 11.3 Å². The minimum absolute atomic E-state index is 0.568. The Hall–Kier alpha value is -1.23. The summed E-state index contributed by atoms with van der Waals surface area (Å²) in [5, 5.41) is 3.28. The van der Waals surface area contributed by atoms with Gasteiger partial charge in [-0.05, 0) is 18.1 Å². The van der Waals surface area contributed by atoms with Crippen LogP contribution in [0.2, 0.25) is 0 Å². The number of thiazole rings is 1. The largest absolute Gasteiger partial charge is 0.385 e. The number of hydrogen-bond donors (Lipinski definition) is 1. The third kappa shape index (κ3) is 3.38. The van der Waals surface area contributed by atoms with E-state index in [0.29, 0.717) is 6.54 Å². The molecule has 1 heterocycles. The van der Waals surface area contributed by atoms with Gasteiger partial charge in [0.05, 0.1) is 10.7 Å². The van der Waals surface area contributed by atoms with Crippen molar-refractivity contribution < 1.29 is 4.74 Å². The average Bonchev–Trinajstić information content (AvgIpc) is 2.88. The van der Waals surface area contributed by atoms with Gasteiger partial charge in [-0.1, -0.05) is 18.2 Å². The second-order valence-corrected chi connectivity index (χ2v) is 5.07. The molecule has 0 amide bonds. The van der Waals surface area contributed by atoms with E-state index in [0.717, 1.165) is 36.3 Å². The van der Waals surface area contributed by atoms with Gasteiger partial charge in [0.15, 0.2) is 0 Å². The lowest BCUT2D eigenvalue weighted by molar-refractivity contribution is 0.195. The Kier molecular flexibility index (Phi) is 4.87. The van der Waals surface area contributed by atoms with Crippen LogP contribution in [0.5, 0.6) is 0 Å². The molecule has 96 valence electrons. The average molecular weight is 262 g/mol. The fourth-order valence-electron chi connectivity index (χ4n) is 1.78. The number of ether oxygens (including phenoxy) is 1. The SMILES string of the molecule is COCCCc1nc(-c2cccc(CN)c2)cs1. The molecule has 3 nitrogen and oxygen atoms in total. The summed E-state index contributed by atoms with van der Waals surface area (Å²) < 4.78 is 5.05. The molecule has 2 rings (SSSR count). The zero-order chi connectivity index (χ0) is 12.8. The molecular weight excluding hydrogens is 244 g/mol. The minimum Gasteiger partial charge on any atom is -0.385 e. The Morgan fingerprint density at radius 2 is 2.28 bits per heavy atom. The zero-order valence-electron chi connectivity index (χ0n) is 10.6. The summed E-state index contributed by atoms with van der Waals surface area (Å²) in [5.41, 5.74) is 8.98. The normalized spacial score (nSPS) is 10.8. The third-order valence-electron chi connectivity index (χ3n) is 2.75. The highest BCUT2D eigenvalue weighted by atomic mass is 32.1. The van der Waals surface area contributed by atoms with Crippen molar-refractivity contribution in [1.82, 2.24) is 4.98 Å². The molecule has 18 heavy (non-hydrogen) atoms. The molecule has 0 spiro atoms. The molecule has 0 saturated carbocycles. The Morgan fingerprint density at radius 1 is 1.39 bits per heavy atom. The van der Waals surface area contributed by atoms with E-state index in [9.17, 15) is 0 Å². The van der Waals surface area contributed by atoms with Crippen molar-refractivity contribution in [2.24, 2.45) is 5.73 Å². The molecule has 0 fully saturated rings. The predicted molar refractivity (Wildman–Crippen MR) is 75.6 cm³/mol. The summed E-state index contributed by atoms with van der Waals surface area (Å²) >= 11 is 1.71. The van der Waals surface area contributed by atoms with Gasteiger partial charge >= 0.3 is 0 Å². The molecule has 0 aliphatic heterocycles. The standard InChI is InChI=1S/C14H18N2OS/c1-17-7-3-6-14-16-13(10-18-14)12-5-2-4-11(8-12)9-15/h2,4-5,8,10H,3,6-7,9,15H2,1H3. The molecule has 1 aromatic carbocycles. The first-order chi connectivity index (χ1) is 8.83. The van der Waals surface area contributed by atoms with Crippen molar-refractivity contribution in [3.05, 3.63) is 40.2 Å². The van der Waals surface area contributed by atoms with Gasteiger partial charge in [0.2, 0.25) is 0 Å².